The first-order valence-electron chi connectivity index (χ1n) is 8.61. The van der Waals surface area contributed by atoms with E-state index in [-0.39, 0.29) is 12.3 Å². The highest BCUT2D eigenvalue weighted by Gasteiger charge is 2.22. The van der Waals surface area contributed by atoms with Gasteiger partial charge in [-0.2, -0.15) is 0 Å². The van der Waals surface area contributed by atoms with Crippen LogP contribution in [-0.2, 0) is 11.3 Å². The summed E-state index contributed by atoms with van der Waals surface area (Å²) in [5.41, 5.74) is 3.12. The fourth-order valence-electron chi connectivity index (χ4n) is 2.79. The maximum Gasteiger partial charge on any atom is 0.278 e. The number of aromatic nitrogens is 3. The lowest BCUT2D eigenvalue weighted by atomic mass is 10.2. The van der Waals surface area contributed by atoms with Crippen molar-refractivity contribution in [2.75, 3.05) is 26.6 Å². The van der Waals surface area contributed by atoms with Crippen molar-refractivity contribution in [3.05, 3.63) is 59.4 Å². The molecule has 3 aromatic rings. The quantitative estimate of drug-likeness (QED) is 0.676. The molecule has 0 fully saturated rings. The normalized spacial score (nSPS) is 10.6. The van der Waals surface area contributed by atoms with Crippen LogP contribution in [0.2, 0.25) is 0 Å². The van der Waals surface area contributed by atoms with E-state index in [1.807, 2.05) is 31.2 Å². The van der Waals surface area contributed by atoms with Crippen LogP contribution in [0.4, 0.5) is 5.69 Å². The van der Waals surface area contributed by atoms with Crippen LogP contribution in [0.25, 0.3) is 5.69 Å². The van der Waals surface area contributed by atoms with Crippen LogP contribution in [0.3, 0.4) is 0 Å². The molecule has 1 N–H and O–H groups in total. The van der Waals surface area contributed by atoms with E-state index in [9.17, 15) is 4.79 Å². The zero-order valence-electron chi connectivity index (χ0n) is 16.2. The van der Waals surface area contributed by atoms with Crippen molar-refractivity contribution in [3.63, 3.8) is 0 Å². The molecule has 0 radical (unpaired) electrons. The van der Waals surface area contributed by atoms with Crippen LogP contribution >= 0.6 is 0 Å². The molecule has 2 aromatic carbocycles. The predicted molar refractivity (Wildman–Crippen MR) is 104 cm³/mol. The number of anilines is 1. The largest absolute Gasteiger partial charge is 0.497 e. The van der Waals surface area contributed by atoms with Gasteiger partial charge in [0.25, 0.3) is 5.91 Å². The lowest BCUT2D eigenvalue weighted by Gasteiger charge is -2.12. The standard InChI is InChI=1S/C20H22N4O4/c1-13-6-5-7-14(10-13)24-17(12-26-2)19(22-23-24)20(25)21-16-9-8-15(27-3)11-18(16)28-4/h5-11H,12H2,1-4H3,(H,21,25). The minimum atomic E-state index is -0.408. The van der Waals surface area contributed by atoms with Crippen molar-refractivity contribution in [1.82, 2.24) is 15.0 Å². The number of benzene rings is 2. The van der Waals surface area contributed by atoms with E-state index in [1.165, 1.54) is 7.11 Å². The molecule has 8 nitrogen and oxygen atoms in total. The number of hydrogen-bond donors (Lipinski definition) is 1. The molecule has 0 saturated carbocycles. The molecule has 0 aliphatic heterocycles. The third-order valence-electron chi connectivity index (χ3n) is 4.16. The minimum absolute atomic E-state index is 0.182. The molecule has 0 saturated heterocycles. The summed E-state index contributed by atoms with van der Waals surface area (Å²) in [6, 6.07) is 12.9. The fourth-order valence-corrected chi connectivity index (χ4v) is 2.79. The number of carbonyl (C=O) groups is 1. The first-order chi connectivity index (χ1) is 13.6. The molecule has 3 rings (SSSR count). The number of carbonyl (C=O) groups excluding carboxylic acids is 1. The third kappa shape index (κ3) is 3.96. The van der Waals surface area contributed by atoms with Gasteiger partial charge >= 0.3 is 0 Å². The number of methoxy groups -OCH3 is 3. The Bertz CT molecular complexity index is 984. The Morgan fingerprint density at radius 2 is 1.93 bits per heavy atom. The van der Waals surface area contributed by atoms with Crippen molar-refractivity contribution in [2.45, 2.75) is 13.5 Å². The lowest BCUT2D eigenvalue weighted by Crippen LogP contribution is -2.16. The van der Waals surface area contributed by atoms with Gasteiger partial charge in [0.05, 0.1) is 32.2 Å². The summed E-state index contributed by atoms with van der Waals surface area (Å²) in [6.07, 6.45) is 0. The van der Waals surface area contributed by atoms with Gasteiger partial charge < -0.3 is 19.5 Å². The van der Waals surface area contributed by atoms with Crippen LogP contribution in [0.1, 0.15) is 21.7 Å². The lowest BCUT2D eigenvalue weighted by molar-refractivity contribution is 0.101. The van der Waals surface area contributed by atoms with Crippen molar-refractivity contribution in [2.24, 2.45) is 0 Å². The maximum atomic E-state index is 12.9. The summed E-state index contributed by atoms with van der Waals surface area (Å²) in [7, 11) is 4.64. The number of hydrogen-bond acceptors (Lipinski definition) is 6. The van der Waals surface area contributed by atoms with Crippen LogP contribution in [0, 0.1) is 6.92 Å². The van der Waals surface area contributed by atoms with Crippen LogP contribution in [0.5, 0.6) is 11.5 Å². The Hall–Kier alpha value is -3.39. The molecule has 1 amide bonds. The molecule has 146 valence electrons. The van der Waals surface area contributed by atoms with Gasteiger partial charge in [-0.05, 0) is 36.8 Å². The molecule has 28 heavy (non-hydrogen) atoms. The number of nitrogens with zero attached hydrogens (tertiary/aromatic N) is 3. The van der Waals surface area contributed by atoms with E-state index < -0.39 is 5.91 Å². The molecule has 1 aromatic heterocycles. The molecule has 0 atom stereocenters. The second-order valence-corrected chi connectivity index (χ2v) is 6.09. The van der Waals surface area contributed by atoms with Gasteiger partial charge in [-0.3, -0.25) is 4.79 Å². The van der Waals surface area contributed by atoms with E-state index in [0.717, 1.165) is 11.3 Å². The summed E-state index contributed by atoms with van der Waals surface area (Å²) in [6.45, 7) is 2.17. The van der Waals surface area contributed by atoms with Gasteiger partial charge in [-0.1, -0.05) is 17.3 Å². The average molecular weight is 382 g/mol. The summed E-state index contributed by atoms with van der Waals surface area (Å²) in [4.78, 5) is 12.9. The molecular formula is C20H22N4O4. The highest BCUT2D eigenvalue weighted by Crippen LogP contribution is 2.29. The molecule has 8 heteroatoms. The summed E-state index contributed by atoms with van der Waals surface area (Å²) >= 11 is 0. The molecule has 1 heterocycles. The second-order valence-electron chi connectivity index (χ2n) is 6.09. The topological polar surface area (TPSA) is 87.5 Å². The van der Waals surface area contributed by atoms with Gasteiger partial charge in [0.1, 0.15) is 17.2 Å². The number of nitrogens with one attached hydrogen (secondary N) is 1. The summed E-state index contributed by atoms with van der Waals surface area (Å²) in [5.74, 6) is 0.696. The van der Waals surface area contributed by atoms with E-state index >= 15 is 0 Å². The number of aryl methyl sites for hydroxylation is 1. The Kier molecular flexibility index (Phi) is 5.90. The van der Waals surface area contributed by atoms with E-state index in [1.54, 1.807) is 37.1 Å². The molecule has 0 aliphatic rings. The highest BCUT2D eigenvalue weighted by molar-refractivity contribution is 6.04. The number of amides is 1. The smallest absolute Gasteiger partial charge is 0.278 e. The van der Waals surface area contributed by atoms with E-state index in [0.29, 0.717) is 22.9 Å². The second kappa shape index (κ2) is 8.53. The van der Waals surface area contributed by atoms with Gasteiger partial charge in [0, 0.05) is 13.2 Å². The number of ether oxygens (including phenoxy) is 3. The SMILES string of the molecule is COCc1c(C(=O)Nc2ccc(OC)cc2OC)nnn1-c1cccc(C)c1. The predicted octanol–water partition coefficient (Wildman–Crippen LogP) is 2.99. The first kappa shape index (κ1) is 19.4. The van der Waals surface area contributed by atoms with Gasteiger partial charge in [0.2, 0.25) is 0 Å². The monoisotopic (exact) mass is 382 g/mol. The van der Waals surface area contributed by atoms with Gasteiger partial charge in [0.15, 0.2) is 5.69 Å². The van der Waals surface area contributed by atoms with Gasteiger partial charge in [-0.15, -0.1) is 5.10 Å². The number of rotatable bonds is 7. The minimum Gasteiger partial charge on any atom is -0.497 e. The molecule has 0 unspecified atom stereocenters. The van der Waals surface area contributed by atoms with Crippen molar-refractivity contribution in [1.29, 1.82) is 0 Å². The Morgan fingerprint density at radius 1 is 1.11 bits per heavy atom. The molecule has 0 spiro atoms. The summed E-state index contributed by atoms with van der Waals surface area (Å²) < 4.78 is 17.4. The van der Waals surface area contributed by atoms with E-state index in [4.69, 9.17) is 14.2 Å². The van der Waals surface area contributed by atoms with Crippen LogP contribution in [0.15, 0.2) is 42.5 Å². The van der Waals surface area contributed by atoms with Crippen molar-refractivity contribution >= 4 is 11.6 Å². The Morgan fingerprint density at radius 3 is 2.61 bits per heavy atom. The molecule has 0 aliphatic carbocycles. The average Bonchev–Trinajstić information content (AvgIpc) is 3.12. The Labute approximate surface area is 163 Å². The highest BCUT2D eigenvalue weighted by atomic mass is 16.5. The zero-order valence-corrected chi connectivity index (χ0v) is 16.2. The van der Waals surface area contributed by atoms with Crippen LogP contribution < -0.4 is 14.8 Å². The van der Waals surface area contributed by atoms with Crippen molar-refractivity contribution in [3.8, 4) is 17.2 Å². The van der Waals surface area contributed by atoms with Crippen molar-refractivity contribution < 1.29 is 19.0 Å². The summed E-state index contributed by atoms with van der Waals surface area (Å²) in [5, 5.41) is 11.0. The third-order valence-corrected chi connectivity index (χ3v) is 4.16. The maximum absolute atomic E-state index is 12.9. The van der Waals surface area contributed by atoms with Crippen LogP contribution in [-0.4, -0.2) is 42.2 Å². The molecule has 0 bridgehead atoms. The fraction of sp³-hybridized carbons (Fsp3) is 0.250. The Balaban J connectivity index is 1.94. The van der Waals surface area contributed by atoms with Gasteiger partial charge in [-0.25, -0.2) is 4.68 Å². The zero-order chi connectivity index (χ0) is 20.1. The van der Waals surface area contributed by atoms with E-state index in [2.05, 4.69) is 15.6 Å². The first-order valence-corrected chi connectivity index (χ1v) is 8.61. The molecular weight excluding hydrogens is 360 g/mol.